The summed E-state index contributed by atoms with van der Waals surface area (Å²) in [4.78, 5) is 0. The van der Waals surface area contributed by atoms with Crippen molar-refractivity contribution in [2.75, 3.05) is 20.3 Å². The Morgan fingerprint density at radius 1 is 1.21 bits per heavy atom. The molecule has 1 N–H and O–H groups in total. The molecule has 0 bridgehead atoms. The third-order valence-corrected chi connectivity index (χ3v) is 4.23. The van der Waals surface area contributed by atoms with Gasteiger partial charge < -0.3 is 10.1 Å². The molecule has 1 aliphatic rings. The van der Waals surface area contributed by atoms with Gasteiger partial charge in [-0.3, -0.25) is 0 Å². The molecule has 1 aromatic carbocycles. The van der Waals surface area contributed by atoms with Crippen molar-refractivity contribution in [3.8, 4) is 0 Å². The van der Waals surface area contributed by atoms with Gasteiger partial charge in [-0.05, 0) is 42.9 Å². The molecule has 1 fully saturated rings. The van der Waals surface area contributed by atoms with Crippen LogP contribution < -0.4 is 5.32 Å². The monoisotopic (exact) mass is 261 g/mol. The van der Waals surface area contributed by atoms with E-state index in [0.29, 0.717) is 6.04 Å². The van der Waals surface area contributed by atoms with Gasteiger partial charge in [0.25, 0.3) is 0 Å². The number of hydrogen-bond acceptors (Lipinski definition) is 2. The van der Waals surface area contributed by atoms with Crippen molar-refractivity contribution < 1.29 is 4.74 Å². The highest BCUT2D eigenvalue weighted by Gasteiger charge is 2.25. The van der Waals surface area contributed by atoms with E-state index in [2.05, 4.69) is 36.5 Å². The Hall–Kier alpha value is -0.860. The molecule has 2 nitrogen and oxygen atoms in total. The number of ether oxygens (including phenoxy) is 1. The van der Waals surface area contributed by atoms with Crippen molar-refractivity contribution in [1.29, 1.82) is 0 Å². The van der Waals surface area contributed by atoms with E-state index < -0.39 is 0 Å². The zero-order valence-electron chi connectivity index (χ0n) is 12.3. The van der Waals surface area contributed by atoms with Crippen LogP contribution >= 0.6 is 0 Å². The molecular formula is C17H27NO. The Bertz CT molecular complexity index is 354. The first-order valence-electron chi connectivity index (χ1n) is 7.66. The van der Waals surface area contributed by atoms with Gasteiger partial charge in [-0.1, -0.05) is 44.0 Å². The fraction of sp³-hybridized carbons (Fsp3) is 0.647. The van der Waals surface area contributed by atoms with E-state index in [1.165, 1.54) is 36.8 Å². The fourth-order valence-electron chi connectivity index (χ4n) is 3.18. The van der Waals surface area contributed by atoms with E-state index in [4.69, 9.17) is 4.74 Å². The molecule has 0 heterocycles. The zero-order chi connectivity index (χ0) is 13.5. The van der Waals surface area contributed by atoms with E-state index in [-0.39, 0.29) is 0 Å². The maximum atomic E-state index is 5.13. The molecule has 0 aromatic heterocycles. The molecule has 19 heavy (non-hydrogen) atoms. The van der Waals surface area contributed by atoms with Crippen LogP contribution in [0.5, 0.6) is 0 Å². The maximum absolute atomic E-state index is 5.13. The minimum absolute atomic E-state index is 0.545. The lowest BCUT2D eigenvalue weighted by Crippen LogP contribution is -2.26. The van der Waals surface area contributed by atoms with Gasteiger partial charge in [0.1, 0.15) is 0 Å². The normalized spacial score (nSPS) is 17.8. The van der Waals surface area contributed by atoms with Crippen LogP contribution in [0.4, 0.5) is 0 Å². The van der Waals surface area contributed by atoms with E-state index in [1.807, 2.05) is 0 Å². The van der Waals surface area contributed by atoms with Crippen LogP contribution in [0.3, 0.4) is 0 Å². The van der Waals surface area contributed by atoms with Crippen molar-refractivity contribution in [1.82, 2.24) is 5.32 Å². The lowest BCUT2D eigenvalue weighted by molar-refractivity contribution is 0.202. The molecule has 0 saturated heterocycles. The summed E-state index contributed by atoms with van der Waals surface area (Å²) in [6.07, 6.45) is 6.56. The molecule has 1 atom stereocenters. The quantitative estimate of drug-likeness (QED) is 0.808. The highest BCUT2D eigenvalue weighted by molar-refractivity contribution is 5.26. The topological polar surface area (TPSA) is 21.3 Å². The standard InChI is InChI=1S/C17H27NO/c1-3-18-17(15-6-4-5-7-15)16-10-8-14(9-11-16)12-13-19-2/h8-11,15,17-18H,3-7,12-13H2,1-2H3. The third kappa shape index (κ3) is 4.05. The van der Waals surface area contributed by atoms with E-state index >= 15 is 0 Å². The Kier molecular flexibility index (Phi) is 5.87. The molecule has 1 saturated carbocycles. The van der Waals surface area contributed by atoms with E-state index in [9.17, 15) is 0 Å². The van der Waals surface area contributed by atoms with Crippen LogP contribution in [0.25, 0.3) is 0 Å². The van der Waals surface area contributed by atoms with Gasteiger partial charge in [0.05, 0.1) is 6.61 Å². The van der Waals surface area contributed by atoms with Crippen molar-refractivity contribution >= 4 is 0 Å². The molecule has 106 valence electrons. The van der Waals surface area contributed by atoms with Crippen molar-refractivity contribution in [2.45, 2.75) is 45.1 Å². The second-order valence-electron chi connectivity index (χ2n) is 5.56. The summed E-state index contributed by atoms with van der Waals surface area (Å²) < 4.78 is 5.13. The summed E-state index contributed by atoms with van der Waals surface area (Å²) in [6.45, 7) is 4.06. The van der Waals surface area contributed by atoms with Gasteiger partial charge in [-0.2, -0.15) is 0 Å². The van der Waals surface area contributed by atoms with E-state index in [1.54, 1.807) is 7.11 Å². The summed E-state index contributed by atoms with van der Waals surface area (Å²) in [5.41, 5.74) is 2.82. The molecule has 1 aliphatic carbocycles. The van der Waals surface area contributed by atoms with Gasteiger partial charge in [-0.25, -0.2) is 0 Å². The van der Waals surface area contributed by atoms with E-state index in [0.717, 1.165) is 25.5 Å². The minimum atomic E-state index is 0.545. The van der Waals surface area contributed by atoms with Crippen LogP contribution in [0, 0.1) is 5.92 Å². The summed E-state index contributed by atoms with van der Waals surface area (Å²) in [6, 6.07) is 9.66. The first-order chi connectivity index (χ1) is 9.35. The van der Waals surface area contributed by atoms with Crippen molar-refractivity contribution in [2.24, 2.45) is 5.92 Å². The lowest BCUT2D eigenvalue weighted by atomic mass is 9.91. The number of nitrogens with one attached hydrogen (secondary N) is 1. The van der Waals surface area contributed by atoms with Crippen molar-refractivity contribution in [3.05, 3.63) is 35.4 Å². The van der Waals surface area contributed by atoms with Gasteiger partial charge in [0.15, 0.2) is 0 Å². The van der Waals surface area contributed by atoms with Crippen LogP contribution in [0.1, 0.15) is 49.8 Å². The van der Waals surface area contributed by atoms with Gasteiger partial charge >= 0.3 is 0 Å². The molecule has 0 spiro atoms. The molecule has 0 amide bonds. The summed E-state index contributed by atoms with van der Waals surface area (Å²) in [7, 11) is 1.76. The predicted molar refractivity (Wildman–Crippen MR) is 80.4 cm³/mol. The molecule has 0 aliphatic heterocycles. The van der Waals surface area contributed by atoms with Crippen LogP contribution in [-0.2, 0) is 11.2 Å². The molecule has 2 heteroatoms. The zero-order valence-corrected chi connectivity index (χ0v) is 12.3. The first kappa shape index (κ1) is 14.5. The summed E-state index contributed by atoms with van der Waals surface area (Å²) in [5.74, 6) is 0.824. The average Bonchev–Trinajstić information content (AvgIpc) is 2.97. The Morgan fingerprint density at radius 3 is 2.47 bits per heavy atom. The fourth-order valence-corrected chi connectivity index (χ4v) is 3.18. The number of rotatable bonds is 7. The number of methoxy groups -OCH3 is 1. The molecular weight excluding hydrogens is 234 g/mol. The number of benzene rings is 1. The Balaban J connectivity index is 2.03. The minimum Gasteiger partial charge on any atom is -0.384 e. The Morgan fingerprint density at radius 2 is 1.89 bits per heavy atom. The molecule has 2 rings (SSSR count). The lowest BCUT2D eigenvalue weighted by Gasteiger charge is -2.25. The summed E-state index contributed by atoms with van der Waals surface area (Å²) >= 11 is 0. The molecule has 1 aromatic rings. The highest BCUT2D eigenvalue weighted by atomic mass is 16.5. The third-order valence-electron chi connectivity index (χ3n) is 4.23. The largest absolute Gasteiger partial charge is 0.384 e. The molecule has 0 radical (unpaired) electrons. The Labute approximate surface area is 117 Å². The van der Waals surface area contributed by atoms with Crippen LogP contribution in [-0.4, -0.2) is 20.3 Å². The maximum Gasteiger partial charge on any atom is 0.0502 e. The van der Waals surface area contributed by atoms with Gasteiger partial charge in [-0.15, -0.1) is 0 Å². The smallest absolute Gasteiger partial charge is 0.0502 e. The first-order valence-corrected chi connectivity index (χ1v) is 7.66. The van der Waals surface area contributed by atoms with Gasteiger partial charge in [0.2, 0.25) is 0 Å². The van der Waals surface area contributed by atoms with Crippen molar-refractivity contribution in [3.63, 3.8) is 0 Å². The highest BCUT2D eigenvalue weighted by Crippen LogP contribution is 2.35. The second kappa shape index (κ2) is 7.66. The van der Waals surface area contributed by atoms with Gasteiger partial charge in [0, 0.05) is 13.2 Å². The second-order valence-corrected chi connectivity index (χ2v) is 5.56. The SMILES string of the molecule is CCNC(c1ccc(CCOC)cc1)C1CCCC1. The molecule has 1 unspecified atom stereocenters. The summed E-state index contributed by atoms with van der Waals surface area (Å²) in [5, 5.41) is 3.68. The predicted octanol–water partition coefficient (Wildman–Crippen LogP) is 3.72. The van der Waals surface area contributed by atoms with Crippen LogP contribution in [0.2, 0.25) is 0 Å². The number of hydrogen-bond donors (Lipinski definition) is 1. The van der Waals surface area contributed by atoms with Crippen LogP contribution in [0.15, 0.2) is 24.3 Å². The average molecular weight is 261 g/mol.